The lowest BCUT2D eigenvalue weighted by Gasteiger charge is -2.29. The standard InChI is InChI=1S/C22H19N3O2/c1-24-16-10-3-2-9-15(16)21(26)20-18(24)13-17(14-7-6-8-14)25(22(20)27)19-11-4-5-12-23-19/h2-5,9-14H,6-8H2,1H3. The summed E-state index contributed by atoms with van der Waals surface area (Å²) in [6.45, 7) is 0. The summed E-state index contributed by atoms with van der Waals surface area (Å²) < 4.78 is 3.60. The number of hydrogen-bond acceptors (Lipinski definition) is 3. The van der Waals surface area contributed by atoms with Crippen molar-refractivity contribution in [2.75, 3.05) is 0 Å². The monoisotopic (exact) mass is 357 g/mol. The minimum atomic E-state index is -0.278. The van der Waals surface area contributed by atoms with Crippen LogP contribution in [0, 0.1) is 0 Å². The van der Waals surface area contributed by atoms with Gasteiger partial charge < -0.3 is 4.57 Å². The SMILES string of the molecule is Cn1c2ccccc2c(=O)c2c(=O)n(-c3ccccn3)c(C3CCC3)cc21. The van der Waals surface area contributed by atoms with Crippen LogP contribution in [-0.2, 0) is 7.05 Å². The maximum atomic E-state index is 13.5. The number of nitrogens with zero attached hydrogens (tertiary/aromatic N) is 3. The van der Waals surface area contributed by atoms with E-state index in [1.165, 1.54) is 0 Å². The number of fused-ring (bicyclic) bond motifs is 2. The molecule has 0 atom stereocenters. The molecule has 0 amide bonds. The van der Waals surface area contributed by atoms with Crippen LogP contribution in [0.25, 0.3) is 27.6 Å². The molecular formula is C22H19N3O2. The fraction of sp³-hybridized carbons (Fsp3) is 0.227. The number of benzene rings is 1. The van der Waals surface area contributed by atoms with E-state index in [0.717, 1.165) is 30.5 Å². The number of aromatic nitrogens is 3. The Kier molecular flexibility index (Phi) is 3.50. The van der Waals surface area contributed by atoms with Crippen molar-refractivity contribution >= 4 is 21.8 Å². The zero-order chi connectivity index (χ0) is 18.5. The number of hydrogen-bond donors (Lipinski definition) is 0. The van der Waals surface area contributed by atoms with Gasteiger partial charge in [0.2, 0.25) is 5.43 Å². The van der Waals surface area contributed by atoms with Crippen LogP contribution in [0.2, 0.25) is 0 Å². The first-order valence-corrected chi connectivity index (χ1v) is 9.25. The Labute approximate surface area is 155 Å². The van der Waals surface area contributed by atoms with Gasteiger partial charge in [-0.3, -0.25) is 14.2 Å². The van der Waals surface area contributed by atoms with Crippen molar-refractivity contribution in [3.05, 3.63) is 81.0 Å². The zero-order valence-corrected chi connectivity index (χ0v) is 15.1. The highest BCUT2D eigenvalue weighted by atomic mass is 16.1. The van der Waals surface area contributed by atoms with E-state index in [-0.39, 0.29) is 16.4 Å². The Hall–Kier alpha value is -3.21. The van der Waals surface area contributed by atoms with Crippen molar-refractivity contribution in [3.63, 3.8) is 0 Å². The van der Waals surface area contributed by atoms with Crippen LogP contribution >= 0.6 is 0 Å². The summed E-state index contributed by atoms with van der Waals surface area (Å²) in [5.74, 6) is 0.896. The van der Waals surface area contributed by atoms with Gasteiger partial charge in [-0.15, -0.1) is 0 Å². The molecule has 0 spiro atoms. The van der Waals surface area contributed by atoms with Gasteiger partial charge in [0.25, 0.3) is 5.56 Å². The molecule has 1 saturated carbocycles. The predicted octanol–water partition coefficient (Wildman–Crippen LogP) is 3.51. The van der Waals surface area contributed by atoms with E-state index in [2.05, 4.69) is 4.98 Å². The largest absolute Gasteiger partial charge is 0.343 e. The highest BCUT2D eigenvalue weighted by molar-refractivity contribution is 5.93. The minimum Gasteiger partial charge on any atom is -0.343 e. The molecule has 5 heteroatoms. The molecule has 1 fully saturated rings. The Morgan fingerprint density at radius 2 is 1.78 bits per heavy atom. The van der Waals surface area contributed by atoms with Crippen LogP contribution in [0.5, 0.6) is 0 Å². The van der Waals surface area contributed by atoms with Crippen molar-refractivity contribution in [1.29, 1.82) is 0 Å². The fourth-order valence-electron chi connectivity index (χ4n) is 4.04. The van der Waals surface area contributed by atoms with Gasteiger partial charge in [-0.2, -0.15) is 0 Å². The maximum Gasteiger partial charge on any atom is 0.269 e. The average Bonchev–Trinajstić information content (AvgIpc) is 2.65. The molecule has 0 N–H and O–H groups in total. The highest BCUT2D eigenvalue weighted by Crippen LogP contribution is 2.37. The molecule has 5 rings (SSSR count). The quantitative estimate of drug-likeness (QED) is 0.516. The summed E-state index contributed by atoms with van der Waals surface area (Å²) >= 11 is 0. The van der Waals surface area contributed by atoms with Crippen molar-refractivity contribution in [3.8, 4) is 5.82 Å². The van der Waals surface area contributed by atoms with Crippen LogP contribution < -0.4 is 11.0 Å². The Bertz CT molecular complexity index is 1300. The molecule has 3 aromatic heterocycles. The van der Waals surface area contributed by atoms with Crippen molar-refractivity contribution < 1.29 is 0 Å². The Morgan fingerprint density at radius 3 is 2.48 bits per heavy atom. The third kappa shape index (κ3) is 2.28. The number of aryl methyl sites for hydroxylation is 1. The van der Waals surface area contributed by atoms with Crippen LogP contribution in [0.15, 0.2) is 64.3 Å². The van der Waals surface area contributed by atoms with E-state index >= 15 is 0 Å². The predicted molar refractivity (Wildman–Crippen MR) is 107 cm³/mol. The minimum absolute atomic E-state index is 0.214. The summed E-state index contributed by atoms with van der Waals surface area (Å²) in [6.07, 6.45) is 4.95. The summed E-state index contributed by atoms with van der Waals surface area (Å²) in [4.78, 5) is 31.1. The smallest absolute Gasteiger partial charge is 0.269 e. The molecule has 0 radical (unpaired) electrons. The van der Waals surface area contributed by atoms with E-state index in [1.54, 1.807) is 16.8 Å². The van der Waals surface area contributed by atoms with Gasteiger partial charge in [0.05, 0.1) is 11.0 Å². The Balaban J connectivity index is 1.99. The van der Waals surface area contributed by atoms with Crippen LogP contribution in [0.3, 0.4) is 0 Å². The lowest BCUT2D eigenvalue weighted by Crippen LogP contribution is -2.30. The third-order valence-corrected chi connectivity index (χ3v) is 5.72. The molecule has 1 aliphatic carbocycles. The molecular weight excluding hydrogens is 338 g/mol. The number of rotatable bonds is 2. The summed E-state index contributed by atoms with van der Waals surface area (Å²) in [7, 11) is 1.92. The van der Waals surface area contributed by atoms with Crippen LogP contribution in [0.4, 0.5) is 0 Å². The first-order chi connectivity index (χ1) is 13.2. The van der Waals surface area contributed by atoms with Gasteiger partial charge in [-0.05, 0) is 49.1 Å². The van der Waals surface area contributed by atoms with E-state index < -0.39 is 0 Å². The topological polar surface area (TPSA) is 56.9 Å². The number of pyridine rings is 3. The van der Waals surface area contributed by atoms with Gasteiger partial charge in [-0.25, -0.2) is 4.98 Å². The van der Waals surface area contributed by atoms with Gasteiger partial charge >= 0.3 is 0 Å². The molecule has 0 saturated heterocycles. The molecule has 27 heavy (non-hydrogen) atoms. The lowest BCUT2D eigenvalue weighted by molar-refractivity contribution is 0.404. The molecule has 4 aromatic rings. The molecule has 5 nitrogen and oxygen atoms in total. The second-order valence-corrected chi connectivity index (χ2v) is 7.19. The molecule has 0 aliphatic heterocycles. The van der Waals surface area contributed by atoms with Crippen molar-refractivity contribution in [2.45, 2.75) is 25.2 Å². The Morgan fingerprint density at radius 1 is 1.00 bits per heavy atom. The third-order valence-electron chi connectivity index (χ3n) is 5.72. The van der Waals surface area contributed by atoms with Gasteiger partial charge in [0.1, 0.15) is 11.2 Å². The van der Waals surface area contributed by atoms with E-state index in [1.807, 2.05) is 54.1 Å². The van der Waals surface area contributed by atoms with Crippen molar-refractivity contribution in [2.24, 2.45) is 7.05 Å². The first kappa shape index (κ1) is 16.0. The summed E-state index contributed by atoms with van der Waals surface area (Å²) in [5, 5.41) is 0.790. The van der Waals surface area contributed by atoms with E-state index in [9.17, 15) is 9.59 Å². The first-order valence-electron chi connectivity index (χ1n) is 9.25. The highest BCUT2D eigenvalue weighted by Gasteiger charge is 2.26. The molecule has 0 bridgehead atoms. The maximum absolute atomic E-state index is 13.5. The molecule has 0 unspecified atom stereocenters. The second-order valence-electron chi connectivity index (χ2n) is 7.19. The van der Waals surface area contributed by atoms with Gasteiger partial charge in [0, 0.05) is 24.3 Å². The normalized spacial score (nSPS) is 14.6. The molecule has 134 valence electrons. The fourth-order valence-corrected chi connectivity index (χ4v) is 4.04. The van der Waals surface area contributed by atoms with E-state index in [0.29, 0.717) is 22.6 Å². The number of para-hydroxylation sites is 1. The average molecular weight is 357 g/mol. The molecule has 1 aliphatic rings. The molecule has 1 aromatic carbocycles. The van der Waals surface area contributed by atoms with Gasteiger partial charge in [-0.1, -0.05) is 24.6 Å². The summed E-state index contributed by atoms with van der Waals surface area (Å²) in [6, 6.07) is 15.0. The lowest BCUT2D eigenvalue weighted by atomic mass is 9.82. The second kappa shape index (κ2) is 5.91. The zero-order valence-electron chi connectivity index (χ0n) is 15.1. The summed E-state index contributed by atoms with van der Waals surface area (Å²) in [5.41, 5.74) is 1.98. The van der Waals surface area contributed by atoms with Gasteiger partial charge in [0.15, 0.2) is 0 Å². The van der Waals surface area contributed by atoms with Crippen LogP contribution in [-0.4, -0.2) is 14.1 Å². The molecule has 3 heterocycles. The van der Waals surface area contributed by atoms with Crippen LogP contribution in [0.1, 0.15) is 30.9 Å². The van der Waals surface area contributed by atoms with E-state index in [4.69, 9.17) is 0 Å². The van der Waals surface area contributed by atoms with Crippen molar-refractivity contribution in [1.82, 2.24) is 14.1 Å².